The summed E-state index contributed by atoms with van der Waals surface area (Å²) in [5, 5.41) is 23.1. The first-order chi connectivity index (χ1) is 9.74. The number of aromatic hydroxyl groups is 1. The molecule has 20 heavy (non-hydrogen) atoms. The summed E-state index contributed by atoms with van der Waals surface area (Å²) in [5.41, 5.74) is 3.38. The first-order valence-corrected chi connectivity index (χ1v) is 7.02. The number of phenols is 1. The topological polar surface area (TPSA) is 52.5 Å². The number of hydrogen-bond donors (Lipinski definition) is 3. The van der Waals surface area contributed by atoms with E-state index in [2.05, 4.69) is 5.32 Å². The van der Waals surface area contributed by atoms with E-state index < -0.39 is 6.10 Å². The molecule has 1 aliphatic carbocycles. The summed E-state index contributed by atoms with van der Waals surface area (Å²) in [5.74, 6) is 0.328. The highest BCUT2D eigenvalue weighted by Crippen LogP contribution is 2.33. The Morgan fingerprint density at radius 3 is 2.75 bits per heavy atom. The third-order valence-electron chi connectivity index (χ3n) is 3.95. The molecule has 104 valence electrons. The number of rotatable bonds is 4. The number of aryl methyl sites for hydroxylation is 1. The third-order valence-corrected chi connectivity index (χ3v) is 3.95. The van der Waals surface area contributed by atoms with Crippen molar-refractivity contribution >= 4 is 0 Å². The molecule has 0 saturated carbocycles. The van der Waals surface area contributed by atoms with Gasteiger partial charge in [-0.05, 0) is 41.7 Å². The molecule has 0 heterocycles. The lowest BCUT2D eigenvalue weighted by atomic mass is 10.1. The van der Waals surface area contributed by atoms with Crippen LogP contribution in [0.15, 0.2) is 48.5 Å². The maximum absolute atomic E-state index is 10.2. The van der Waals surface area contributed by atoms with E-state index in [1.807, 2.05) is 42.5 Å². The average molecular weight is 269 g/mol. The summed E-state index contributed by atoms with van der Waals surface area (Å²) >= 11 is 0. The normalized spacial score (nSPS) is 18.8. The second kappa shape index (κ2) is 5.65. The quantitative estimate of drug-likeness (QED) is 0.800. The Morgan fingerprint density at radius 1 is 1.15 bits per heavy atom. The van der Waals surface area contributed by atoms with E-state index in [1.54, 1.807) is 6.07 Å². The van der Waals surface area contributed by atoms with E-state index in [0.29, 0.717) is 12.3 Å². The highest BCUT2D eigenvalue weighted by molar-refractivity contribution is 5.40. The van der Waals surface area contributed by atoms with Gasteiger partial charge in [-0.2, -0.15) is 0 Å². The van der Waals surface area contributed by atoms with Crippen molar-refractivity contribution in [3.8, 4) is 5.75 Å². The Kier molecular flexibility index (Phi) is 3.72. The molecule has 3 nitrogen and oxygen atoms in total. The van der Waals surface area contributed by atoms with Crippen LogP contribution < -0.4 is 5.32 Å². The first-order valence-electron chi connectivity index (χ1n) is 7.02. The van der Waals surface area contributed by atoms with Crippen molar-refractivity contribution in [3.05, 3.63) is 65.2 Å². The third kappa shape index (κ3) is 2.69. The van der Waals surface area contributed by atoms with Crippen LogP contribution in [0.3, 0.4) is 0 Å². The first kappa shape index (κ1) is 13.2. The number of aliphatic hydroxyl groups excluding tert-OH is 1. The second-order valence-electron chi connectivity index (χ2n) is 5.31. The predicted molar refractivity (Wildman–Crippen MR) is 78.6 cm³/mol. The number of phenolic OH excluding ortho intramolecular Hbond substituents is 1. The minimum Gasteiger partial charge on any atom is -0.508 e. The van der Waals surface area contributed by atoms with Crippen molar-refractivity contribution < 1.29 is 10.2 Å². The Labute approximate surface area is 118 Å². The molecule has 2 aromatic carbocycles. The molecule has 0 fully saturated rings. The summed E-state index contributed by atoms with van der Waals surface area (Å²) in [6.45, 7) is 0.537. The van der Waals surface area contributed by atoms with Gasteiger partial charge in [0.05, 0.1) is 6.10 Å². The van der Waals surface area contributed by atoms with Crippen molar-refractivity contribution in [2.24, 2.45) is 0 Å². The van der Waals surface area contributed by atoms with E-state index in [-0.39, 0.29) is 6.04 Å². The maximum atomic E-state index is 10.2. The lowest BCUT2D eigenvalue weighted by Crippen LogP contribution is -2.25. The SMILES string of the molecule is Oc1ccc2c(c1)CCC2NCC(O)c1ccccc1. The highest BCUT2D eigenvalue weighted by atomic mass is 16.3. The molecule has 2 aromatic rings. The van der Waals surface area contributed by atoms with Gasteiger partial charge in [0.15, 0.2) is 0 Å². The molecular weight excluding hydrogens is 250 g/mol. The Balaban J connectivity index is 1.64. The summed E-state index contributed by atoms with van der Waals surface area (Å²) in [6, 6.07) is 15.5. The average Bonchev–Trinajstić information content (AvgIpc) is 2.88. The molecule has 0 radical (unpaired) electrons. The molecule has 3 N–H and O–H groups in total. The van der Waals surface area contributed by atoms with Crippen LogP contribution in [0.1, 0.15) is 35.3 Å². The van der Waals surface area contributed by atoms with Crippen molar-refractivity contribution in [2.45, 2.75) is 25.0 Å². The van der Waals surface area contributed by atoms with Crippen molar-refractivity contribution in [2.75, 3.05) is 6.54 Å². The van der Waals surface area contributed by atoms with Crippen molar-refractivity contribution in [3.63, 3.8) is 0 Å². The summed E-state index contributed by atoms with van der Waals surface area (Å²) < 4.78 is 0. The molecule has 0 spiro atoms. The highest BCUT2D eigenvalue weighted by Gasteiger charge is 2.23. The number of hydrogen-bond acceptors (Lipinski definition) is 3. The lowest BCUT2D eigenvalue weighted by molar-refractivity contribution is 0.169. The zero-order valence-electron chi connectivity index (χ0n) is 11.3. The van der Waals surface area contributed by atoms with Gasteiger partial charge in [0.1, 0.15) is 5.75 Å². The van der Waals surface area contributed by atoms with Gasteiger partial charge in [0.2, 0.25) is 0 Å². The molecule has 2 unspecified atom stereocenters. The zero-order chi connectivity index (χ0) is 13.9. The van der Waals surface area contributed by atoms with Gasteiger partial charge in [0, 0.05) is 12.6 Å². The molecule has 0 bridgehead atoms. The minimum absolute atomic E-state index is 0.268. The molecule has 1 aliphatic rings. The van der Waals surface area contributed by atoms with Crippen LogP contribution in [0.4, 0.5) is 0 Å². The van der Waals surface area contributed by atoms with E-state index in [4.69, 9.17) is 0 Å². The van der Waals surface area contributed by atoms with E-state index in [1.165, 1.54) is 11.1 Å². The fourth-order valence-corrected chi connectivity index (χ4v) is 2.86. The van der Waals surface area contributed by atoms with Gasteiger partial charge in [0.25, 0.3) is 0 Å². The largest absolute Gasteiger partial charge is 0.508 e. The number of aliphatic hydroxyl groups is 1. The van der Waals surface area contributed by atoms with E-state index in [9.17, 15) is 10.2 Å². The second-order valence-corrected chi connectivity index (χ2v) is 5.31. The van der Waals surface area contributed by atoms with E-state index in [0.717, 1.165) is 18.4 Å². The number of fused-ring (bicyclic) bond motifs is 1. The molecule has 0 amide bonds. The molecule has 2 atom stereocenters. The smallest absolute Gasteiger partial charge is 0.115 e. The Hall–Kier alpha value is -1.84. The van der Waals surface area contributed by atoms with Gasteiger partial charge in [-0.25, -0.2) is 0 Å². The molecular formula is C17H19NO2. The van der Waals surface area contributed by atoms with Gasteiger partial charge in [-0.15, -0.1) is 0 Å². The van der Waals surface area contributed by atoms with Crippen LogP contribution in [0.25, 0.3) is 0 Å². The Bertz CT molecular complexity index is 583. The Morgan fingerprint density at radius 2 is 1.95 bits per heavy atom. The molecule has 0 aromatic heterocycles. The summed E-state index contributed by atoms with van der Waals surface area (Å²) in [7, 11) is 0. The molecule has 3 heteroatoms. The van der Waals surface area contributed by atoms with Crippen LogP contribution in [0.5, 0.6) is 5.75 Å². The fourth-order valence-electron chi connectivity index (χ4n) is 2.86. The van der Waals surface area contributed by atoms with Crippen LogP contribution in [0, 0.1) is 0 Å². The molecule has 3 rings (SSSR count). The monoisotopic (exact) mass is 269 g/mol. The van der Waals surface area contributed by atoms with Gasteiger partial charge in [-0.1, -0.05) is 36.4 Å². The zero-order valence-corrected chi connectivity index (χ0v) is 11.3. The van der Waals surface area contributed by atoms with Crippen molar-refractivity contribution in [1.82, 2.24) is 5.32 Å². The molecule has 0 aliphatic heterocycles. The van der Waals surface area contributed by atoms with Crippen LogP contribution in [-0.2, 0) is 6.42 Å². The van der Waals surface area contributed by atoms with Gasteiger partial charge >= 0.3 is 0 Å². The summed E-state index contributed by atoms with van der Waals surface area (Å²) in [6.07, 6.45) is 1.50. The lowest BCUT2D eigenvalue weighted by Gasteiger charge is -2.17. The number of benzene rings is 2. The standard InChI is InChI=1S/C17H19NO2/c19-14-7-8-15-13(10-14)6-9-16(15)18-11-17(20)12-4-2-1-3-5-12/h1-5,7-8,10,16-20H,6,9,11H2. The van der Waals surface area contributed by atoms with Crippen molar-refractivity contribution in [1.29, 1.82) is 0 Å². The fraction of sp³-hybridized carbons (Fsp3) is 0.294. The maximum Gasteiger partial charge on any atom is 0.115 e. The van der Waals surface area contributed by atoms with Gasteiger partial charge < -0.3 is 15.5 Å². The van der Waals surface area contributed by atoms with Crippen LogP contribution in [0.2, 0.25) is 0 Å². The van der Waals surface area contributed by atoms with Gasteiger partial charge in [-0.3, -0.25) is 0 Å². The summed E-state index contributed by atoms with van der Waals surface area (Å²) in [4.78, 5) is 0. The minimum atomic E-state index is -0.489. The molecule has 0 saturated heterocycles. The number of nitrogens with one attached hydrogen (secondary N) is 1. The van der Waals surface area contributed by atoms with Crippen LogP contribution in [-0.4, -0.2) is 16.8 Å². The predicted octanol–water partition coefficient (Wildman–Crippen LogP) is 2.70. The van der Waals surface area contributed by atoms with Crippen LogP contribution >= 0.6 is 0 Å². The van der Waals surface area contributed by atoms with E-state index >= 15 is 0 Å².